The number of rotatable bonds is 4. The molecule has 0 saturated heterocycles. The van der Waals surface area contributed by atoms with Gasteiger partial charge in [0, 0.05) is 12.7 Å². The van der Waals surface area contributed by atoms with Crippen LogP contribution in [-0.2, 0) is 0 Å². The van der Waals surface area contributed by atoms with E-state index in [1.165, 1.54) is 0 Å². The summed E-state index contributed by atoms with van der Waals surface area (Å²) in [6.07, 6.45) is 1.78. The first kappa shape index (κ1) is 9.32. The number of hydrogen-bond donors (Lipinski definition) is 1. The average molecular weight is 183 g/mol. The fraction of sp³-hybridized carbons (Fsp3) is 0.500. The summed E-state index contributed by atoms with van der Waals surface area (Å²) >= 11 is 1.72. The smallest absolute Gasteiger partial charge is 0.223 e. The molecule has 0 aliphatic heterocycles. The summed E-state index contributed by atoms with van der Waals surface area (Å²) in [4.78, 5) is 8.37. The SMILES string of the molecule is CCNc1nccc(SCC)n1. The third-order valence-corrected chi connectivity index (χ3v) is 2.07. The van der Waals surface area contributed by atoms with E-state index in [9.17, 15) is 0 Å². The molecule has 0 fully saturated rings. The van der Waals surface area contributed by atoms with E-state index in [4.69, 9.17) is 0 Å². The largest absolute Gasteiger partial charge is 0.354 e. The molecule has 0 radical (unpaired) electrons. The Morgan fingerprint density at radius 3 is 3.00 bits per heavy atom. The lowest BCUT2D eigenvalue weighted by molar-refractivity contribution is 1.01. The van der Waals surface area contributed by atoms with Crippen LogP contribution in [0.4, 0.5) is 5.95 Å². The molecule has 1 heterocycles. The molecule has 12 heavy (non-hydrogen) atoms. The highest BCUT2D eigenvalue weighted by Gasteiger charge is 1.96. The van der Waals surface area contributed by atoms with Crippen LogP contribution in [-0.4, -0.2) is 22.3 Å². The highest BCUT2D eigenvalue weighted by atomic mass is 32.2. The molecule has 0 bridgehead atoms. The third kappa shape index (κ3) is 2.70. The topological polar surface area (TPSA) is 37.8 Å². The van der Waals surface area contributed by atoms with Crippen molar-refractivity contribution in [3.05, 3.63) is 12.3 Å². The molecule has 1 N–H and O–H groups in total. The second-order valence-corrected chi connectivity index (χ2v) is 3.47. The maximum Gasteiger partial charge on any atom is 0.223 e. The Bertz CT molecular complexity index is 218. The van der Waals surface area contributed by atoms with E-state index in [0.717, 1.165) is 23.3 Å². The van der Waals surface area contributed by atoms with Crippen molar-refractivity contribution < 1.29 is 0 Å². The molecular weight excluding hydrogens is 170 g/mol. The van der Waals surface area contributed by atoms with Crippen molar-refractivity contribution in [1.82, 2.24) is 9.97 Å². The van der Waals surface area contributed by atoms with Crippen LogP contribution in [0.5, 0.6) is 0 Å². The van der Waals surface area contributed by atoms with E-state index in [1.54, 1.807) is 18.0 Å². The number of nitrogens with zero attached hydrogens (tertiary/aromatic N) is 2. The third-order valence-electron chi connectivity index (χ3n) is 1.26. The highest BCUT2D eigenvalue weighted by Crippen LogP contribution is 2.14. The van der Waals surface area contributed by atoms with Crippen LogP contribution >= 0.6 is 11.8 Å². The minimum Gasteiger partial charge on any atom is -0.354 e. The van der Waals surface area contributed by atoms with Gasteiger partial charge >= 0.3 is 0 Å². The maximum atomic E-state index is 4.29. The Morgan fingerprint density at radius 1 is 1.50 bits per heavy atom. The van der Waals surface area contributed by atoms with Crippen molar-refractivity contribution in [2.75, 3.05) is 17.6 Å². The highest BCUT2D eigenvalue weighted by molar-refractivity contribution is 7.99. The molecule has 0 spiro atoms. The van der Waals surface area contributed by atoms with Crippen LogP contribution in [0.25, 0.3) is 0 Å². The molecule has 4 heteroatoms. The van der Waals surface area contributed by atoms with Gasteiger partial charge in [0.25, 0.3) is 0 Å². The zero-order valence-electron chi connectivity index (χ0n) is 7.37. The van der Waals surface area contributed by atoms with Gasteiger partial charge < -0.3 is 5.32 Å². The van der Waals surface area contributed by atoms with Gasteiger partial charge in [-0.05, 0) is 18.7 Å². The Hall–Kier alpha value is -0.770. The predicted molar refractivity (Wildman–Crippen MR) is 52.6 cm³/mol. The Kier molecular flexibility index (Phi) is 3.87. The summed E-state index contributed by atoms with van der Waals surface area (Å²) < 4.78 is 0. The first-order valence-electron chi connectivity index (χ1n) is 4.06. The van der Waals surface area contributed by atoms with Crippen LogP contribution in [0.1, 0.15) is 13.8 Å². The van der Waals surface area contributed by atoms with E-state index < -0.39 is 0 Å². The second kappa shape index (κ2) is 4.98. The summed E-state index contributed by atoms with van der Waals surface area (Å²) in [6, 6.07) is 1.93. The fourth-order valence-corrected chi connectivity index (χ4v) is 1.42. The van der Waals surface area contributed by atoms with Gasteiger partial charge in [0.2, 0.25) is 5.95 Å². The Morgan fingerprint density at radius 2 is 2.33 bits per heavy atom. The van der Waals surface area contributed by atoms with Gasteiger partial charge in [-0.25, -0.2) is 9.97 Å². The molecule has 0 amide bonds. The molecule has 66 valence electrons. The zero-order valence-corrected chi connectivity index (χ0v) is 8.19. The van der Waals surface area contributed by atoms with Crippen molar-refractivity contribution in [3.8, 4) is 0 Å². The van der Waals surface area contributed by atoms with Crippen LogP contribution < -0.4 is 5.32 Å². The summed E-state index contributed by atoms with van der Waals surface area (Å²) in [5.74, 6) is 1.76. The molecule has 0 unspecified atom stereocenters. The summed E-state index contributed by atoms with van der Waals surface area (Å²) in [6.45, 7) is 5.00. The van der Waals surface area contributed by atoms with Crippen molar-refractivity contribution in [2.24, 2.45) is 0 Å². The first-order chi connectivity index (χ1) is 5.86. The molecule has 0 aliphatic carbocycles. The van der Waals surface area contributed by atoms with E-state index in [0.29, 0.717) is 0 Å². The molecule has 0 aliphatic rings. The van der Waals surface area contributed by atoms with E-state index in [1.807, 2.05) is 13.0 Å². The van der Waals surface area contributed by atoms with Gasteiger partial charge in [0.05, 0.1) is 0 Å². The second-order valence-electron chi connectivity index (χ2n) is 2.18. The summed E-state index contributed by atoms with van der Waals surface area (Å²) in [5, 5.41) is 4.10. The lowest BCUT2D eigenvalue weighted by atomic mass is 10.6. The monoisotopic (exact) mass is 183 g/mol. The van der Waals surface area contributed by atoms with E-state index in [-0.39, 0.29) is 0 Å². The molecule has 0 atom stereocenters. The summed E-state index contributed by atoms with van der Waals surface area (Å²) in [7, 11) is 0. The molecule has 0 saturated carbocycles. The van der Waals surface area contributed by atoms with Crippen molar-refractivity contribution >= 4 is 17.7 Å². The van der Waals surface area contributed by atoms with Gasteiger partial charge in [-0.1, -0.05) is 6.92 Å². The first-order valence-corrected chi connectivity index (χ1v) is 5.05. The quantitative estimate of drug-likeness (QED) is 0.572. The standard InChI is InChI=1S/C8H13N3S/c1-3-9-8-10-6-5-7(11-8)12-4-2/h5-6H,3-4H2,1-2H3,(H,9,10,11). The van der Waals surface area contributed by atoms with Crippen molar-refractivity contribution in [1.29, 1.82) is 0 Å². The maximum absolute atomic E-state index is 4.29. The van der Waals surface area contributed by atoms with Crippen LogP contribution in [0.15, 0.2) is 17.3 Å². The molecule has 1 rings (SSSR count). The number of nitrogens with one attached hydrogen (secondary N) is 1. The Labute approximate surface area is 77.0 Å². The van der Waals surface area contributed by atoms with Crippen LogP contribution in [0, 0.1) is 0 Å². The predicted octanol–water partition coefficient (Wildman–Crippen LogP) is 2.02. The lowest BCUT2D eigenvalue weighted by Crippen LogP contribution is -2.01. The minimum atomic E-state index is 0.718. The molecule has 1 aromatic rings. The molecule has 1 aromatic heterocycles. The number of anilines is 1. The van der Waals surface area contributed by atoms with E-state index in [2.05, 4.69) is 22.2 Å². The number of aromatic nitrogens is 2. The van der Waals surface area contributed by atoms with Crippen molar-refractivity contribution in [2.45, 2.75) is 18.9 Å². The van der Waals surface area contributed by atoms with Gasteiger partial charge in [-0.2, -0.15) is 0 Å². The number of hydrogen-bond acceptors (Lipinski definition) is 4. The summed E-state index contributed by atoms with van der Waals surface area (Å²) in [5.41, 5.74) is 0. The Balaban J connectivity index is 2.67. The normalized spacial score (nSPS) is 9.83. The van der Waals surface area contributed by atoms with Gasteiger partial charge in [-0.15, -0.1) is 11.8 Å². The zero-order chi connectivity index (χ0) is 8.81. The van der Waals surface area contributed by atoms with Gasteiger partial charge in [0.1, 0.15) is 5.03 Å². The molecular formula is C8H13N3S. The lowest BCUT2D eigenvalue weighted by Gasteiger charge is -2.01. The van der Waals surface area contributed by atoms with Crippen LogP contribution in [0.3, 0.4) is 0 Å². The van der Waals surface area contributed by atoms with E-state index >= 15 is 0 Å². The number of thioether (sulfide) groups is 1. The van der Waals surface area contributed by atoms with Gasteiger partial charge in [-0.3, -0.25) is 0 Å². The molecule has 3 nitrogen and oxygen atoms in total. The fourth-order valence-electron chi connectivity index (χ4n) is 0.814. The average Bonchev–Trinajstić information content (AvgIpc) is 2.06. The van der Waals surface area contributed by atoms with Gasteiger partial charge in [0.15, 0.2) is 0 Å². The van der Waals surface area contributed by atoms with Crippen molar-refractivity contribution in [3.63, 3.8) is 0 Å². The molecule has 0 aromatic carbocycles. The van der Waals surface area contributed by atoms with Crippen LogP contribution in [0.2, 0.25) is 0 Å². The minimum absolute atomic E-state index is 0.718.